The van der Waals surface area contributed by atoms with Crippen LogP contribution in [0.4, 0.5) is 0 Å². The number of likely N-dealkylation sites (N-methyl/N-ethyl adjacent to an activating group) is 2. The molecule has 0 aromatic heterocycles. The van der Waals surface area contributed by atoms with Crippen molar-refractivity contribution >= 4 is 11.6 Å². The van der Waals surface area contributed by atoms with E-state index in [1.807, 2.05) is 18.2 Å². The van der Waals surface area contributed by atoms with Gasteiger partial charge in [0.05, 0.1) is 0 Å². The highest BCUT2D eigenvalue weighted by atomic mass is 35.5. The molecule has 0 aliphatic carbocycles. The zero-order valence-electron chi connectivity index (χ0n) is 9.63. The summed E-state index contributed by atoms with van der Waals surface area (Å²) in [6, 6.07) is 8.39. The quantitative estimate of drug-likeness (QED) is 0.830. The van der Waals surface area contributed by atoms with Crippen molar-refractivity contribution in [1.29, 1.82) is 0 Å². The van der Waals surface area contributed by atoms with Gasteiger partial charge in [0.15, 0.2) is 0 Å². The largest absolute Gasteiger partial charge is 0.309 e. The maximum atomic E-state index is 5.98. The lowest BCUT2D eigenvalue weighted by atomic mass is 10.1. The van der Waals surface area contributed by atoms with E-state index in [2.05, 4.69) is 37.3 Å². The summed E-state index contributed by atoms with van der Waals surface area (Å²) in [5, 5.41) is 4.26. The van der Waals surface area contributed by atoms with Crippen molar-refractivity contribution in [2.75, 3.05) is 27.2 Å². The van der Waals surface area contributed by atoms with Crippen LogP contribution in [0, 0.1) is 0 Å². The van der Waals surface area contributed by atoms with Crippen molar-refractivity contribution in [2.45, 2.75) is 13.0 Å². The van der Waals surface area contributed by atoms with Crippen molar-refractivity contribution in [2.24, 2.45) is 0 Å². The van der Waals surface area contributed by atoms with Gasteiger partial charge >= 0.3 is 0 Å². The van der Waals surface area contributed by atoms with Crippen LogP contribution in [0.2, 0.25) is 5.02 Å². The van der Waals surface area contributed by atoms with Gasteiger partial charge in [-0.25, -0.2) is 0 Å². The number of hydrogen-bond acceptors (Lipinski definition) is 2. The molecule has 0 radical (unpaired) electrons. The molecule has 1 rings (SSSR count). The van der Waals surface area contributed by atoms with Gasteiger partial charge in [0.1, 0.15) is 0 Å². The van der Waals surface area contributed by atoms with Crippen LogP contribution in [0.3, 0.4) is 0 Å². The fourth-order valence-electron chi connectivity index (χ4n) is 1.62. The molecule has 0 spiro atoms. The second kappa shape index (κ2) is 6.11. The second-order valence-electron chi connectivity index (χ2n) is 3.93. The van der Waals surface area contributed by atoms with Gasteiger partial charge in [-0.15, -0.1) is 0 Å². The molecular weight excluding hydrogens is 208 g/mol. The van der Waals surface area contributed by atoms with E-state index in [1.165, 1.54) is 5.56 Å². The molecule has 0 fully saturated rings. The molecule has 0 aliphatic rings. The molecule has 0 bridgehead atoms. The summed E-state index contributed by atoms with van der Waals surface area (Å²) in [7, 11) is 4.16. The van der Waals surface area contributed by atoms with Gasteiger partial charge in [-0.1, -0.05) is 30.7 Å². The Morgan fingerprint density at radius 3 is 2.67 bits per heavy atom. The van der Waals surface area contributed by atoms with E-state index in [1.54, 1.807) is 0 Å². The third-order valence-electron chi connectivity index (χ3n) is 2.25. The Kier molecular flexibility index (Phi) is 5.09. The molecule has 84 valence electrons. The van der Waals surface area contributed by atoms with E-state index < -0.39 is 0 Å². The normalized spacial score (nSPS) is 13.1. The molecule has 1 atom stereocenters. The molecule has 0 saturated carbocycles. The smallest absolute Gasteiger partial charge is 0.0449 e. The number of hydrogen-bond donors (Lipinski definition) is 1. The number of benzene rings is 1. The molecule has 15 heavy (non-hydrogen) atoms. The van der Waals surface area contributed by atoms with Crippen LogP contribution in [0.1, 0.15) is 18.5 Å². The van der Waals surface area contributed by atoms with Crippen LogP contribution in [0.5, 0.6) is 0 Å². The van der Waals surface area contributed by atoms with E-state index >= 15 is 0 Å². The highest BCUT2D eigenvalue weighted by Crippen LogP contribution is 2.18. The van der Waals surface area contributed by atoms with Gasteiger partial charge in [-0.05, 0) is 38.3 Å². The third kappa shape index (κ3) is 4.20. The molecule has 3 heteroatoms. The molecule has 1 unspecified atom stereocenters. The van der Waals surface area contributed by atoms with Crippen molar-refractivity contribution in [1.82, 2.24) is 10.2 Å². The second-order valence-corrected chi connectivity index (χ2v) is 4.36. The first kappa shape index (κ1) is 12.5. The lowest BCUT2D eigenvalue weighted by Crippen LogP contribution is -2.31. The van der Waals surface area contributed by atoms with Crippen molar-refractivity contribution in [3.05, 3.63) is 34.9 Å². The molecule has 1 N–H and O–H groups in total. The molecule has 2 nitrogen and oxygen atoms in total. The maximum Gasteiger partial charge on any atom is 0.0449 e. The third-order valence-corrected chi connectivity index (χ3v) is 2.48. The summed E-state index contributed by atoms with van der Waals surface area (Å²) in [6.45, 7) is 4.06. The minimum Gasteiger partial charge on any atom is -0.309 e. The summed E-state index contributed by atoms with van der Waals surface area (Å²) in [5.74, 6) is 0. The number of rotatable bonds is 5. The summed E-state index contributed by atoms with van der Waals surface area (Å²) in [5.41, 5.74) is 1.25. The maximum absolute atomic E-state index is 5.98. The van der Waals surface area contributed by atoms with E-state index in [4.69, 9.17) is 11.6 Å². The zero-order chi connectivity index (χ0) is 11.3. The van der Waals surface area contributed by atoms with Crippen molar-refractivity contribution < 1.29 is 0 Å². The highest BCUT2D eigenvalue weighted by Gasteiger charge is 2.10. The lowest BCUT2D eigenvalue weighted by molar-refractivity contribution is 0.345. The predicted octanol–water partition coefficient (Wildman–Crippen LogP) is 2.55. The van der Waals surface area contributed by atoms with Crippen LogP contribution in [-0.4, -0.2) is 32.1 Å². The van der Waals surface area contributed by atoms with Gasteiger partial charge in [0.2, 0.25) is 0 Å². The van der Waals surface area contributed by atoms with Crippen molar-refractivity contribution in [3.63, 3.8) is 0 Å². The first-order chi connectivity index (χ1) is 7.13. The Bertz CT molecular complexity index is 299. The van der Waals surface area contributed by atoms with Crippen LogP contribution in [-0.2, 0) is 0 Å². The minimum atomic E-state index is 0.351. The topological polar surface area (TPSA) is 15.3 Å². The SMILES string of the molecule is CCNC(CN(C)C)c1cccc(Cl)c1. The lowest BCUT2D eigenvalue weighted by Gasteiger charge is -2.22. The number of nitrogens with one attached hydrogen (secondary N) is 1. The fourth-order valence-corrected chi connectivity index (χ4v) is 1.82. The Hall–Kier alpha value is -0.570. The Morgan fingerprint density at radius 2 is 2.13 bits per heavy atom. The fraction of sp³-hybridized carbons (Fsp3) is 0.500. The summed E-state index contributed by atoms with van der Waals surface area (Å²) in [6.07, 6.45) is 0. The van der Waals surface area contributed by atoms with Gasteiger partial charge in [0, 0.05) is 17.6 Å². The Labute approximate surface area is 97.2 Å². The van der Waals surface area contributed by atoms with Gasteiger partial charge in [-0.2, -0.15) is 0 Å². The average Bonchev–Trinajstić information content (AvgIpc) is 2.16. The van der Waals surface area contributed by atoms with E-state index in [9.17, 15) is 0 Å². The van der Waals surface area contributed by atoms with Gasteiger partial charge < -0.3 is 10.2 Å². The van der Waals surface area contributed by atoms with Crippen LogP contribution < -0.4 is 5.32 Å². The summed E-state index contributed by atoms with van der Waals surface area (Å²) < 4.78 is 0. The molecule has 1 aromatic rings. The van der Waals surface area contributed by atoms with Gasteiger partial charge in [-0.3, -0.25) is 0 Å². The number of nitrogens with zero attached hydrogens (tertiary/aromatic N) is 1. The summed E-state index contributed by atoms with van der Waals surface area (Å²) in [4.78, 5) is 2.17. The molecule has 0 aliphatic heterocycles. The Balaban J connectivity index is 2.78. The van der Waals surface area contributed by atoms with Crippen LogP contribution in [0.25, 0.3) is 0 Å². The van der Waals surface area contributed by atoms with Gasteiger partial charge in [0.25, 0.3) is 0 Å². The first-order valence-corrected chi connectivity index (χ1v) is 5.65. The standard InChI is InChI=1S/C12H19ClN2/c1-4-14-12(9-15(2)3)10-6-5-7-11(13)8-10/h5-8,12,14H,4,9H2,1-3H3. The molecule has 1 aromatic carbocycles. The molecule has 0 heterocycles. The molecule has 0 saturated heterocycles. The minimum absolute atomic E-state index is 0.351. The summed E-state index contributed by atoms with van der Waals surface area (Å²) >= 11 is 5.98. The van der Waals surface area contributed by atoms with Crippen molar-refractivity contribution in [3.8, 4) is 0 Å². The average molecular weight is 227 g/mol. The van der Waals surface area contributed by atoms with E-state index in [0.717, 1.165) is 18.1 Å². The first-order valence-electron chi connectivity index (χ1n) is 5.27. The van der Waals surface area contributed by atoms with E-state index in [-0.39, 0.29) is 0 Å². The highest BCUT2D eigenvalue weighted by molar-refractivity contribution is 6.30. The monoisotopic (exact) mass is 226 g/mol. The molecule has 0 amide bonds. The Morgan fingerprint density at radius 1 is 1.40 bits per heavy atom. The molecular formula is C12H19ClN2. The van der Waals surface area contributed by atoms with Crippen LogP contribution >= 0.6 is 11.6 Å². The predicted molar refractivity (Wildman–Crippen MR) is 66.4 cm³/mol. The van der Waals surface area contributed by atoms with Crippen LogP contribution in [0.15, 0.2) is 24.3 Å². The van der Waals surface area contributed by atoms with E-state index in [0.29, 0.717) is 6.04 Å². The zero-order valence-corrected chi connectivity index (χ0v) is 10.4. The number of halogens is 1.